The van der Waals surface area contributed by atoms with Crippen LogP contribution in [0.5, 0.6) is 0 Å². The van der Waals surface area contributed by atoms with E-state index < -0.39 is 11.6 Å². The largest absolute Gasteiger partial charge is 0.464 e. The fourth-order valence-corrected chi connectivity index (χ4v) is 3.29. The number of nitrogens with zero attached hydrogens (tertiary/aromatic N) is 2. The van der Waals surface area contributed by atoms with Gasteiger partial charge in [0, 0.05) is 50.3 Å². The first kappa shape index (κ1) is 15.4. The number of cyclic esters (lactones) is 1. The lowest BCUT2D eigenvalue weighted by atomic mass is 10.0. The number of hydrogen-bond donors (Lipinski definition) is 0. The first-order valence-electron chi connectivity index (χ1n) is 7.66. The molecule has 0 N–H and O–H groups in total. The van der Waals surface area contributed by atoms with E-state index >= 15 is 0 Å². The van der Waals surface area contributed by atoms with Gasteiger partial charge in [-0.3, -0.25) is 14.6 Å². The van der Waals surface area contributed by atoms with Gasteiger partial charge in [-0.25, -0.2) is 8.78 Å². The van der Waals surface area contributed by atoms with Crippen LogP contribution in [0.3, 0.4) is 0 Å². The van der Waals surface area contributed by atoms with Crippen LogP contribution in [0.4, 0.5) is 8.78 Å². The van der Waals surface area contributed by atoms with Gasteiger partial charge in [0.25, 0.3) is 0 Å². The molecule has 0 saturated carbocycles. The lowest BCUT2D eigenvalue weighted by Crippen LogP contribution is -2.52. The van der Waals surface area contributed by atoms with Crippen molar-refractivity contribution >= 4 is 5.97 Å². The van der Waals surface area contributed by atoms with Gasteiger partial charge in [-0.15, -0.1) is 0 Å². The summed E-state index contributed by atoms with van der Waals surface area (Å²) in [5.74, 6) is -1.20. The quantitative estimate of drug-likeness (QED) is 0.799. The molecule has 1 aromatic carbocycles. The van der Waals surface area contributed by atoms with Crippen molar-refractivity contribution in [2.75, 3.05) is 32.8 Å². The standard InChI is InChI=1S/C16H20F2N2O2/c1-11(13-3-2-12(17)10-14(13)18)19-5-7-20(8-6-19)15-4-9-22-16(15)21/h2-3,10-11,15H,4-9H2,1H3/t11-,15+/m0/s1. The molecule has 0 aliphatic carbocycles. The van der Waals surface area contributed by atoms with Gasteiger partial charge in [-0.2, -0.15) is 0 Å². The number of esters is 1. The van der Waals surface area contributed by atoms with Gasteiger partial charge < -0.3 is 4.74 Å². The average Bonchev–Trinajstić information content (AvgIpc) is 2.93. The van der Waals surface area contributed by atoms with Gasteiger partial charge in [0.15, 0.2) is 0 Å². The number of ether oxygens (including phenoxy) is 1. The van der Waals surface area contributed by atoms with E-state index in [1.54, 1.807) is 0 Å². The molecule has 0 unspecified atom stereocenters. The second-order valence-corrected chi connectivity index (χ2v) is 5.89. The summed E-state index contributed by atoms with van der Waals surface area (Å²) in [6.07, 6.45) is 0.751. The lowest BCUT2D eigenvalue weighted by molar-refractivity contribution is -0.142. The molecule has 0 radical (unpaired) electrons. The Balaban J connectivity index is 1.62. The fraction of sp³-hybridized carbons (Fsp3) is 0.562. The van der Waals surface area contributed by atoms with E-state index in [2.05, 4.69) is 9.80 Å². The monoisotopic (exact) mass is 310 g/mol. The normalized spacial score (nSPS) is 25.2. The van der Waals surface area contributed by atoms with Crippen LogP contribution < -0.4 is 0 Å². The van der Waals surface area contributed by atoms with Crippen molar-refractivity contribution in [1.82, 2.24) is 9.80 Å². The number of hydrogen-bond acceptors (Lipinski definition) is 4. The van der Waals surface area contributed by atoms with Crippen molar-refractivity contribution in [3.63, 3.8) is 0 Å². The van der Waals surface area contributed by atoms with Crippen molar-refractivity contribution in [2.45, 2.75) is 25.4 Å². The Hall–Kier alpha value is -1.53. The lowest BCUT2D eigenvalue weighted by Gasteiger charge is -2.39. The first-order chi connectivity index (χ1) is 10.6. The van der Waals surface area contributed by atoms with Gasteiger partial charge in [-0.05, 0) is 13.0 Å². The Labute approximate surface area is 128 Å². The molecule has 2 aliphatic heterocycles. The zero-order chi connectivity index (χ0) is 15.7. The molecule has 3 rings (SSSR count). The van der Waals surface area contributed by atoms with Crippen molar-refractivity contribution in [3.8, 4) is 0 Å². The second-order valence-electron chi connectivity index (χ2n) is 5.89. The minimum absolute atomic E-state index is 0.113. The molecule has 6 heteroatoms. The van der Waals surface area contributed by atoms with E-state index in [0.717, 1.165) is 38.7 Å². The Kier molecular flexibility index (Phi) is 4.40. The van der Waals surface area contributed by atoms with Crippen LogP contribution in [0.1, 0.15) is 24.9 Å². The molecule has 2 saturated heterocycles. The van der Waals surface area contributed by atoms with Gasteiger partial charge in [0.2, 0.25) is 0 Å². The molecule has 0 aromatic heterocycles. The molecule has 0 bridgehead atoms. The first-order valence-corrected chi connectivity index (χ1v) is 7.66. The van der Waals surface area contributed by atoms with E-state index in [0.29, 0.717) is 12.2 Å². The van der Waals surface area contributed by atoms with Crippen LogP contribution in [0.2, 0.25) is 0 Å². The third kappa shape index (κ3) is 2.98. The highest BCUT2D eigenvalue weighted by atomic mass is 19.1. The molecule has 4 nitrogen and oxygen atoms in total. The molecule has 0 spiro atoms. The molecule has 22 heavy (non-hydrogen) atoms. The van der Waals surface area contributed by atoms with E-state index in [4.69, 9.17) is 4.74 Å². The average molecular weight is 310 g/mol. The Morgan fingerprint density at radius 2 is 1.95 bits per heavy atom. The predicted molar refractivity (Wildman–Crippen MR) is 77.3 cm³/mol. The highest BCUT2D eigenvalue weighted by Crippen LogP contribution is 2.26. The van der Waals surface area contributed by atoms with Crippen molar-refractivity contribution in [3.05, 3.63) is 35.4 Å². The smallest absolute Gasteiger partial charge is 0.323 e. The molecule has 1 aromatic rings. The number of carbonyl (C=O) groups is 1. The van der Waals surface area contributed by atoms with E-state index in [-0.39, 0.29) is 18.1 Å². The summed E-state index contributed by atoms with van der Waals surface area (Å²) in [6, 6.07) is 3.49. The molecule has 2 fully saturated rings. The molecule has 2 aliphatic rings. The summed E-state index contributed by atoms with van der Waals surface area (Å²) >= 11 is 0. The highest BCUT2D eigenvalue weighted by Gasteiger charge is 2.35. The number of halogens is 2. The van der Waals surface area contributed by atoms with Gasteiger partial charge >= 0.3 is 5.97 Å². The SMILES string of the molecule is C[C@@H](c1ccc(F)cc1F)N1CCN([C@@H]2CCOC2=O)CC1. The minimum atomic E-state index is -0.557. The zero-order valence-corrected chi connectivity index (χ0v) is 12.6. The Morgan fingerprint density at radius 1 is 1.23 bits per heavy atom. The molecule has 2 heterocycles. The molecule has 120 valence electrons. The minimum Gasteiger partial charge on any atom is -0.464 e. The second kappa shape index (κ2) is 6.30. The predicted octanol–water partition coefficient (Wildman–Crippen LogP) is 1.96. The van der Waals surface area contributed by atoms with Crippen molar-refractivity contribution in [1.29, 1.82) is 0 Å². The van der Waals surface area contributed by atoms with E-state index in [1.807, 2.05) is 6.92 Å². The summed E-state index contributed by atoms with van der Waals surface area (Å²) in [5, 5.41) is 0. The third-order valence-electron chi connectivity index (χ3n) is 4.66. The van der Waals surface area contributed by atoms with Crippen LogP contribution in [0.25, 0.3) is 0 Å². The highest BCUT2D eigenvalue weighted by molar-refractivity contribution is 5.77. The Bertz CT molecular complexity index is 559. The molecule has 0 amide bonds. The van der Waals surface area contributed by atoms with Crippen LogP contribution in [0.15, 0.2) is 18.2 Å². The maximum atomic E-state index is 13.9. The van der Waals surface area contributed by atoms with Gasteiger partial charge in [0.05, 0.1) is 6.61 Å². The van der Waals surface area contributed by atoms with Crippen LogP contribution in [-0.2, 0) is 9.53 Å². The number of carbonyl (C=O) groups excluding carboxylic acids is 1. The number of piperazine rings is 1. The summed E-state index contributed by atoms with van der Waals surface area (Å²) in [4.78, 5) is 15.9. The molecular weight excluding hydrogens is 290 g/mol. The van der Waals surface area contributed by atoms with E-state index in [1.165, 1.54) is 12.1 Å². The van der Waals surface area contributed by atoms with Crippen LogP contribution in [-0.4, -0.2) is 54.6 Å². The van der Waals surface area contributed by atoms with Gasteiger partial charge in [-0.1, -0.05) is 6.07 Å². The molecule has 2 atom stereocenters. The van der Waals surface area contributed by atoms with Crippen LogP contribution in [0, 0.1) is 11.6 Å². The maximum absolute atomic E-state index is 13.9. The van der Waals surface area contributed by atoms with Crippen molar-refractivity contribution < 1.29 is 18.3 Å². The van der Waals surface area contributed by atoms with E-state index in [9.17, 15) is 13.6 Å². The summed E-state index contributed by atoms with van der Waals surface area (Å²) in [5.41, 5.74) is 0.509. The summed E-state index contributed by atoms with van der Waals surface area (Å²) in [6.45, 7) is 5.44. The molecular formula is C16H20F2N2O2. The summed E-state index contributed by atoms with van der Waals surface area (Å²) < 4.78 is 31.9. The Morgan fingerprint density at radius 3 is 2.55 bits per heavy atom. The van der Waals surface area contributed by atoms with Crippen molar-refractivity contribution in [2.24, 2.45) is 0 Å². The zero-order valence-electron chi connectivity index (χ0n) is 12.6. The number of benzene rings is 1. The van der Waals surface area contributed by atoms with Gasteiger partial charge in [0.1, 0.15) is 17.7 Å². The summed E-state index contributed by atoms with van der Waals surface area (Å²) in [7, 11) is 0. The fourth-order valence-electron chi connectivity index (χ4n) is 3.29. The topological polar surface area (TPSA) is 32.8 Å². The van der Waals surface area contributed by atoms with Crippen LogP contribution >= 0.6 is 0 Å². The number of rotatable bonds is 3. The maximum Gasteiger partial charge on any atom is 0.323 e. The third-order valence-corrected chi connectivity index (χ3v) is 4.66.